The van der Waals surface area contributed by atoms with Crippen molar-refractivity contribution in [3.63, 3.8) is 0 Å². The maximum Gasteiger partial charge on any atom is 0.319 e. The zero-order valence-electron chi connectivity index (χ0n) is 12.3. The van der Waals surface area contributed by atoms with Crippen LogP contribution in [0.1, 0.15) is 19.3 Å². The fourth-order valence-corrected chi connectivity index (χ4v) is 5.00. The van der Waals surface area contributed by atoms with Crippen LogP contribution in [0.5, 0.6) is 0 Å². The molecule has 1 aromatic heterocycles. The number of aromatic nitrogens is 2. The van der Waals surface area contributed by atoms with E-state index >= 15 is 0 Å². The maximum absolute atomic E-state index is 12.0. The van der Waals surface area contributed by atoms with E-state index in [1.807, 2.05) is 12.1 Å². The second-order valence-electron chi connectivity index (χ2n) is 6.21. The van der Waals surface area contributed by atoms with Crippen LogP contribution in [0.2, 0.25) is 0 Å². The minimum atomic E-state index is -3.22. The third-order valence-corrected chi connectivity index (χ3v) is 6.88. The number of benzene rings is 1. The number of anilines is 1. The van der Waals surface area contributed by atoms with E-state index in [-0.39, 0.29) is 18.6 Å². The molecule has 2 heterocycles. The summed E-state index contributed by atoms with van der Waals surface area (Å²) < 4.78 is 26.0. The average Bonchev–Trinajstić information content (AvgIpc) is 3.05. The molecule has 1 saturated heterocycles. The Kier molecular flexibility index (Phi) is 3.10. The number of aromatic amines is 1. The molecule has 122 valence electrons. The number of hydrogen-bond donors (Lipinski definition) is 4. The van der Waals surface area contributed by atoms with Gasteiger partial charge in [0.15, 0.2) is 0 Å². The number of nitrogens with zero attached hydrogens (tertiary/aromatic N) is 1. The Bertz CT molecular complexity index is 871. The first kappa shape index (κ1) is 14.5. The lowest BCUT2D eigenvalue weighted by atomic mass is 10.1. The van der Waals surface area contributed by atoms with Gasteiger partial charge in [0.2, 0.25) is 10.0 Å². The number of hydrogen-bond acceptors (Lipinski definition) is 4. The predicted molar refractivity (Wildman–Crippen MR) is 85.5 cm³/mol. The Labute approximate surface area is 133 Å². The van der Waals surface area contributed by atoms with Crippen LogP contribution in [-0.2, 0) is 10.0 Å². The highest BCUT2D eigenvalue weighted by Gasteiger charge is 2.60. The Morgan fingerprint density at radius 2 is 2.22 bits per heavy atom. The van der Waals surface area contributed by atoms with Crippen molar-refractivity contribution < 1.29 is 13.2 Å². The largest absolute Gasteiger partial charge is 0.336 e. The van der Waals surface area contributed by atoms with Crippen LogP contribution in [0.15, 0.2) is 24.4 Å². The van der Waals surface area contributed by atoms with Crippen molar-refractivity contribution in [2.45, 2.75) is 30.1 Å². The molecule has 9 heteroatoms. The maximum atomic E-state index is 12.0. The summed E-state index contributed by atoms with van der Waals surface area (Å²) in [6.45, 7) is 0.279. The van der Waals surface area contributed by atoms with Crippen molar-refractivity contribution >= 4 is 32.6 Å². The summed E-state index contributed by atoms with van der Waals surface area (Å²) in [5, 5.41) is 13.1. The number of fused-ring (bicyclic) bond motifs is 1. The van der Waals surface area contributed by atoms with Gasteiger partial charge in [0.05, 0.1) is 16.5 Å². The van der Waals surface area contributed by atoms with Gasteiger partial charge in [0, 0.05) is 23.7 Å². The SMILES string of the molecule is O=C(NCC1CC2(CC2)S(=O)(=O)N1)Nc1ccc2[nH]ncc2c1. The quantitative estimate of drug-likeness (QED) is 0.667. The van der Waals surface area contributed by atoms with E-state index in [2.05, 4.69) is 25.6 Å². The Morgan fingerprint density at radius 1 is 1.39 bits per heavy atom. The molecular formula is C14H17N5O3S. The molecule has 2 aliphatic rings. The second kappa shape index (κ2) is 4.93. The second-order valence-corrected chi connectivity index (χ2v) is 8.32. The van der Waals surface area contributed by atoms with Gasteiger partial charge in [-0.3, -0.25) is 5.10 Å². The lowest BCUT2D eigenvalue weighted by molar-refractivity contribution is 0.251. The monoisotopic (exact) mass is 335 g/mol. The third-order valence-electron chi connectivity index (χ3n) is 4.53. The number of amides is 2. The Balaban J connectivity index is 1.34. The first-order valence-corrected chi connectivity index (χ1v) is 8.96. The minimum absolute atomic E-state index is 0.232. The van der Waals surface area contributed by atoms with Crippen LogP contribution >= 0.6 is 0 Å². The lowest BCUT2D eigenvalue weighted by Crippen LogP contribution is -2.40. The molecule has 0 radical (unpaired) electrons. The van der Waals surface area contributed by atoms with E-state index < -0.39 is 14.8 Å². The number of sulfonamides is 1. The summed E-state index contributed by atoms with van der Waals surface area (Å²) in [5.74, 6) is 0. The van der Waals surface area contributed by atoms with Gasteiger partial charge < -0.3 is 10.6 Å². The van der Waals surface area contributed by atoms with Gasteiger partial charge in [-0.1, -0.05) is 0 Å². The summed E-state index contributed by atoms with van der Waals surface area (Å²) in [5.41, 5.74) is 1.55. The van der Waals surface area contributed by atoms with Crippen LogP contribution in [0.4, 0.5) is 10.5 Å². The van der Waals surface area contributed by atoms with E-state index in [1.54, 1.807) is 12.3 Å². The first-order chi connectivity index (χ1) is 11.0. The molecule has 1 atom stereocenters. The summed E-state index contributed by atoms with van der Waals surface area (Å²) in [6.07, 6.45) is 3.68. The van der Waals surface area contributed by atoms with Gasteiger partial charge >= 0.3 is 6.03 Å². The molecule has 0 bridgehead atoms. The summed E-state index contributed by atoms with van der Waals surface area (Å²) in [6, 6.07) is 4.83. The molecule has 1 saturated carbocycles. The Hall–Kier alpha value is -2.13. The predicted octanol–water partition coefficient (Wildman–Crippen LogP) is 0.909. The number of H-pyrrole nitrogens is 1. The molecule has 2 amide bonds. The molecule has 4 N–H and O–H groups in total. The molecule has 4 rings (SSSR count). The molecule has 1 aliphatic carbocycles. The molecular weight excluding hydrogens is 318 g/mol. The molecule has 1 unspecified atom stereocenters. The van der Waals surface area contributed by atoms with Crippen molar-refractivity contribution in [2.24, 2.45) is 0 Å². The highest BCUT2D eigenvalue weighted by molar-refractivity contribution is 7.91. The fourth-order valence-electron chi connectivity index (χ4n) is 3.08. The van der Waals surface area contributed by atoms with Gasteiger partial charge in [-0.05, 0) is 37.5 Å². The normalized spacial score (nSPS) is 23.9. The Morgan fingerprint density at radius 3 is 2.96 bits per heavy atom. The highest BCUT2D eigenvalue weighted by atomic mass is 32.2. The van der Waals surface area contributed by atoms with E-state index in [9.17, 15) is 13.2 Å². The van der Waals surface area contributed by atoms with Crippen LogP contribution in [-0.4, -0.2) is 42.0 Å². The van der Waals surface area contributed by atoms with E-state index in [0.717, 1.165) is 23.7 Å². The number of carbonyl (C=O) groups is 1. The third kappa shape index (κ3) is 2.55. The number of nitrogens with one attached hydrogen (secondary N) is 4. The molecule has 8 nitrogen and oxygen atoms in total. The van der Waals surface area contributed by atoms with Crippen LogP contribution in [0.25, 0.3) is 10.9 Å². The number of urea groups is 1. The van der Waals surface area contributed by atoms with Crippen molar-refractivity contribution in [3.05, 3.63) is 24.4 Å². The van der Waals surface area contributed by atoms with Gasteiger partial charge in [-0.15, -0.1) is 0 Å². The van der Waals surface area contributed by atoms with Gasteiger partial charge in [0.1, 0.15) is 0 Å². The average molecular weight is 335 g/mol. The molecule has 23 heavy (non-hydrogen) atoms. The summed E-state index contributed by atoms with van der Waals surface area (Å²) >= 11 is 0. The fraction of sp³-hybridized carbons (Fsp3) is 0.429. The van der Waals surface area contributed by atoms with Crippen molar-refractivity contribution in [3.8, 4) is 0 Å². The van der Waals surface area contributed by atoms with Crippen molar-refractivity contribution in [2.75, 3.05) is 11.9 Å². The van der Waals surface area contributed by atoms with Crippen LogP contribution in [0, 0.1) is 0 Å². The zero-order valence-corrected chi connectivity index (χ0v) is 13.1. The summed E-state index contributed by atoms with van der Waals surface area (Å²) in [4.78, 5) is 12.0. The summed E-state index contributed by atoms with van der Waals surface area (Å²) in [7, 11) is -3.22. The van der Waals surface area contributed by atoms with Gasteiger partial charge in [0.25, 0.3) is 0 Å². The van der Waals surface area contributed by atoms with Crippen molar-refractivity contribution in [1.82, 2.24) is 20.2 Å². The molecule has 1 spiro atoms. The number of rotatable bonds is 3. The molecule has 2 fully saturated rings. The van der Waals surface area contributed by atoms with E-state index in [1.165, 1.54) is 0 Å². The molecule has 2 aromatic rings. The van der Waals surface area contributed by atoms with Gasteiger partial charge in [-0.25, -0.2) is 17.9 Å². The standard InChI is InChI=1S/C14H17N5O3S/c20-13(17-10-1-2-12-9(5-10)7-16-18-12)15-8-11-6-14(3-4-14)23(21,22)19-11/h1-2,5,7,11,19H,3-4,6,8H2,(H,16,18)(H2,15,17,20). The van der Waals surface area contributed by atoms with Gasteiger partial charge in [-0.2, -0.15) is 5.10 Å². The molecule has 1 aromatic carbocycles. The lowest BCUT2D eigenvalue weighted by Gasteiger charge is -2.11. The van der Waals surface area contributed by atoms with Crippen molar-refractivity contribution in [1.29, 1.82) is 0 Å². The number of carbonyl (C=O) groups excluding carboxylic acids is 1. The van der Waals surface area contributed by atoms with E-state index in [4.69, 9.17) is 0 Å². The topological polar surface area (TPSA) is 116 Å². The highest BCUT2D eigenvalue weighted by Crippen LogP contribution is 2.50. The minimum Gasteiger partial charge on any atom is -0.336 e. The van der Waals surface area contributed by atoms with Crippen LogP contribution in [0.3, 0.4) is 0 Å². The first-order valence-electron chi connectivity index (χ1n) is 7.47. The van der Waals surface area contributed by atoms with E-state index in [0.29, 0.717) is 12.1 Å². The van der Waals surface area contributed by atoms with Crippen LogP contribution < -0.4 is 15.4 Å². The zero-order chi connectivity index (χ0) is 16.1. The smallest absolute Gasteiger partial charge is 0.319 e. The molecule has 1 aliphatic heterocycles.